The van der Waals surface area contributed by atoms with Crippen LogP contribution in [0.2, 0.25) is 0 Å². The molecule has 3 heterocycles. The molecule has 0 aliphatic carbocycles. The molecule has 0 unspecified atom stereocenters. The Balaban J connectivity index is 1.60. The highest BCUT2D eigenvalue weighted by Gasteiger charge is 2.46. The van der Waals surface area contributed by atoms with Gasteiger partial charge in [0.25, 0.3) is 0 Å². The minimum absolute atomic E-state index is 0.0344. The summed E-state index contributed by atoms with van der Waals surface area (Å²) in [6.45, 7) is 5.31. The Morgan fingerprint density at radius 3 is 2.76 bits per heavy atom. The molecular weight excluding hydrogens is 318 g/mol. The van der Waals surface area contributed by atoms with Gasteiger partial charge in [-0.25, -0.2) is 0 Å². The van der Waals surface area contributed by atoms with Crippen LogP contribution in [0.5, 0.6) is 0 Å². The number of likely N-dealkylation sites (tertiary alicyclic amines) is 2. The van der Waals surface area contributed by atoms with Gasteiger partial charge in [0.1, 0.15) is 6.61 Å². The van der Waals surface area contributed by atoms with Crippen molar-refractivity contribution in [3.63, 3.8) is 0 Å². The maximum Gasteiger partial charge on any atom is 0.248 e. The summed E-state index contributed by atoms with van der Waals surface area (Å²) < 4.78 is 5.22. The molecule has 2 fully saturated rings. The molecule has 2 amide bonds. The Hall–Kier alpha value is -1.95. The number of rotatable bonds is 5. The van der Waals surface area contributed by atoms with E-state index in [1.54, 1.807) is 6.20 Å². The Bertz CT molecular complexity index is 597. The fourth-order valence-electron chi connectivity index (χ4n) is 3.94. The molecule has 1 aromatic heterocycles. The van der Waals surface area contributed by atoms with E-state index in [-0.39, 0.29) is 23.8 Å². The number of nitrogens with zero attached hydrogens (tertiary/aromatic N) is 3. The van der Waals surface area contributed by atoms with E-state index in [2.05, 4.69) is 4.98 Å². The van der Waals surface area contributed by atoms with Crippen LogP contribution in [0.15, 0.2) is 24.5 Å². The van der Waals surface area contributed by atoms with Gasteiger partial charge in [0.05, 0.1) is 5.41 Å². The van der Waals surface area contributed by atoms with Gasteiger partial charge >= 0.3 is 0 Å². The minimum Gasteiger partial charge on any atom is -0.372 e. The van der Waals surface area contributed by atoms with Gasteiger partial charge in [-0.2, -0.15) is 0 Å². The molecule has 25 heavy (non-hydrogen) atoms. The lowest BCUT2D eigenvalue weighted by Gasteiger charge is -2.46. The first kappa shape index (κ1) is 17.9. The molecule has 0 radical (unpaired) electrons. The molecule has 2 aliphatic heterocycles. The highest BCUT2D eigenvalue weighted by atomic mass is 16.5. The third kappa shape index (κ3) is 4.00. The zero-order valence-corrected chi connectivity index (χ0v) is 14.9. The number of amides is 2. The van der Waals surface area contributed by atoms with Crippen molar-refractivity contribution >= 4 is 11.8 Å². The predicted octanol–water partition coefficient (Wildman–Crippen LogP) is 1.85. The van der Waals surface area contributed by atoms with E-state index >= 15 is 0 Å². The summed E-state index contributed by atoms with van der Waals surface area (Å²) in [4.78, 5) is 33.2. The molecule has 1 spiro atoms. The molecule has 6 nitrogen and oxygen atoms in total. The molecule has 2 saturated heterocycles. The Morgan fingerprint density at radius 1 is 1.28 bits per heavy atom. The van der Waals surface area contributed by atoms with Gasteiger partial charge < -0.3 is 14.5 Å². The number of hydrogen-bond acceptors (Lipinski definition) is 4. The maximum absolute atomic E-state index is 13.1. The van der Waals surface area contributed by atoms with Crippen molar-refractivity contribution in [3.05, 3.63) is 30.1 Å². The van der Waals surface area contributed by atoms with Crippen LogP contribution >= 0.6 is 0 Å². The van der Waals surface area contributed by atoms with Gasteiger partial charge in [0.2, 0.25) is 11.8 Å². The van der Waals surface area contributed by atoms with E-state index in [9.17, 15) is 9.59 Å². The minimum atomic E-state index is -0.289. The molecule has 136 valence electrons. The second kappa shape index (κ2) is 7.95. The number of carbonyl (C=O) groups is 2. The van der Waals surface area contributed by atoms with Crippen molar-refractivity contribution in [2.24, 2.45) is 5.41 Å². The van der Waals surface area contributed by atoms with Gasteiger partial charge in [-0.05, 0) is 44.2 Å². The highest BCUT2D eigenvalue weighted by Crippen LogP contribution is 2.41. The normalized spacial score (nSPS) is 20.1. The van der Waals surface area contributed by atoms with Gasteiger partial charge in [-0.3, -0.25) is 14.6 Å². The summed E-state index contributed by atoms with van der Waals surface area (Å²) in [6, 6.07) is 3.92. The molecule has 0 aromatic carbocycles. The maximum atomic E-state index is 13.1. The molecule has 2 aliphatic rings. The van der Waals surface area contributed by atoms with Gasteiger partial charge in [0, 0.05) is 45.2 Å². The smallest absolute Gasteiger partial charge is 0.248 e. The average molecular weight is 345 g/mol. The van der Waals surface area contributed by atoms with Crippen LogP contribution < -0.4 is 0 Å². The molecular formula is C19H27N3O3. The number of pyridine rings is 1. The van der Waals surface area contributed by atoms with E-state index in [1.165, 1.54) is 0 Å². The van der Waals surface area contributed by atoms with Crippen molar-refractivity contribution in [2.75, 3.05) is 32.8 Å². The molecule has 0 N–H and O–H groups in total. The van der Waals surface area contributed by atoms with Crippen molar-refractivity contribution < 1.29 is 14.3 Å². The summed E-state index contributed by atoms with van der Waals surface area (Å²) in [5.74, 6) is 0.284. The van der Waals surface area contributed by atoms with E-state index < -0.39 is 0 Å². The third-order valence-electron chi connectivity index (χ3n) is 5.42. The van der Waals surface area contributed by atoms with Crippen LogP contribution in [0.3, 0.4) is 0 Å². The second-order valence-corrected chi connectivity index (χ2v) is 6.99. The van der Waals surface area contributed by atoms with E-state index in [0.29, 0.717) is 26.2 Å². The van der Waals surface area contributed by atoms with Crippen LogP contribution in [0.25, 0.3) is 0 Å². The van der Waals surface area contributed by atoms with E-state index in [4.69, 9.17) is 4.74 Å². The topological polar surface area (TPSA) is 62.7 Å². The number of aromatic nitrogens is 1. The molecule has 0 atom stereocenters. The predicted molar refractivity (Wildman–Crippen MR) is 93.6 cm³/mol. The van der Waals surface area contributed by atoms with E-state index in [0.717, 1.165) is 37.8 Å². The van der Waals surface area contributed by atoms with Crippen LogP contribution in [0.1, 0.15) is 38.2 Å². The van der Waals surface area contributed by atoms with Crippen molar-refractivity contribution in [1.82, 2.24) is 14.8 Å². The largest absolute Gasteiger partial charge is 0.372 e. The first-order valence-electron chi connectivity index (χ1n) is 9.18. The van der Waals surface area contributed by atoms with Gasteiger partial charge in [-0.1, -0.05) is 6.07 Å². The van der Waals surface area contributed by atoms with E-state index in [1.807, 2.05) is 35.1 Å². The summed E-state index contributed by atoms with van der Waals surface area (Å²) in [7, 11) is 0. The lowest BCUT2D eigenvalue weighted by Crippen LogP contribution is -2.54. The fraction of sp³-hybridized carbons (Fsp3) is 0.632. The van der Waals surface area contributed by atoms with Crippen LogP contribution in [-0.2, 0) is 20.9 Å². The first-order valence-corrected chi connectivity index (χ1v) is 9.18. The number of ether oxygens (including phenoxy) is 1. The summed E-state index contributed by atoms with van der Waals surface area (Å²) in [6.07, 6.45) is 7.05. The molecule has 1 aromatic rings. The van der Waals surface area contributed by atoms with Gasteiger partial charge in [0.15, 0.2) is 0 Å². The van der Waals surface area contributed by atoms with Crippen LogP contribution in [0.4, 0.5) is 0 Å². The SMILES string of the molecule is CCOCC(=O)N1CCC2(CCCN(Cc3cccnc3)C2=O)CC1. The van der Waals surface area contributed by atoms with Crippen molar-refractivity contribution in [3.8, 4) is 0 Å². The Kier molecular flexibility index (Phi) is 5.68. The van der Waals surface area contributed by atoms with Gasteiger partial charge in [-0.15, -0.1) is 0 Å². The third-order valence-corrected chi connectivity index (χ3v) is 5.42. The number of piperidine rings is 2. The highest BCUT2D eigenvalue weighted by molar-refractivity contribution is 5.84. The Morgan fingerprint density at radius 2 is 2.08 bits per heavy atom. The van der Waals surface area contributed by atoms with Crippen LogP contribution in [0, 0.1) is 5.41 Å². The molecule has 0 bridgehead atoms. The summed E-state index contributed by atoms with van der Waals surface area (Å²) in [5, 5.41) is 0. The monoisotopic (exact) mass is 345 g/mol. The van der Waals surface area contributed by atoms with Crippen molar-refractivity contribution in [1.29, 1.82) is 0 Å². The lowest BCUT2D eigenvalue weighted by atomic mass is 9.71. The van der Waals surface area contributed by atoms with Crippen molar-refractivity contribution in [2.45, 2.75) is 39.2 Å². The Labute approximate surface area is 149 Å². The number of carbonyl (C=O) groups excluding carboxylic acids is 2. The molecule has 3 rings (SSSR count). The first-order chi connectivity index (χ1) is 12.1. The zero-order valence-electron chi connectivity index (χ0n) is 14.9. The number of hydrogen-bond donors (Lipinski definition) is 0. The molecule has 0 saturated carbocycles. The quantitative estimate of drug-likeness (QED) is 0.817. The molecule has 6 heteroatoms. The lowest BCUT2D eigenvalue weighted by molar-refractivity contribution is -0.154. The van der Waals surface area contributed by atoms with Crippen LogP contribution in [-0.4, -0.2) is 59.4 Å². The second-order valence-electron chi connectivity index (χ2n) is 6.99. The summed E-state index contributed by atoms with van der Waals surface area (Å²) >= 11 is 0. The zero-order chi connectivity index (χ0) is 17.7. The summed E-state index contributed by atoms with van der Waals surface area (Å²) in [5.41, 5.74) is 0.778. The standard InChI is InChI=1S/C19H27N3O3/c1-2-25-15-17(23)21-11-7-19(8-12-21)6-4-10-22(18(19)24)14-16-5-3-9-20-13-16/h3,5,9,13H,2,4,6-8,10-12,14-15H2,1H3. The fourth-order valence-corrected chi connectivity index (χ4v) is 3.94. The average Bonchev–Trinajstić information content (AvgIpc) is 2.65.